The quantitative estimate of drug-likeness (QED) is 0.176. The number of aliphatic hydroxyl groups is 1. The van der Waals surface area contributed by atoms with Crippen LogP contribution in [0.2, 0.25) is 0 Å². The van der Waals surface area contributed by atoms with Crippen molar-refractivity contribution in [1.29, 1.82) is 0 Å². The lowest BCUT2D eigenvalue weighted by Crippen LogP contribution is -2.54. The largest absolute Gasteiger partial charge is 0.376 e. The van der Waals surface area contributed by atoms with E-state index in [0.717, 1.165) is 50.1 Å². The molecule has 5 amide bonds. The van der Waals surface area contributed by atoms with Crippen LogP contribution in [0.15, 0.2) is 54.6 Å². The van der Waals surface area contributed by atoms with Crippen LogP contribution in [0.1, 0.15) is 69.3 Å². The van der Waals surface area contributed by atoms with E-state index in [2.05, 4.69) is 0 Å². The third-order valence-electron chi connectivity index (χ3n) is 11.1. The van der Waals surface area contributed by atoms with Gasteiger partial charge in [-0.15, -0.1) is 0 Å². The van der Waals surface area contributed by atoms with Gasteiger partial charge in [-0.25, -0.2) is 0 Å². The standard InChI is InChI=1S/C48H71N9O6/c1-34-16-35(2)20-40(19-34)25-55-31-43(58)53(14-8-11-50)29-47(62)57(27-42-23-38(5)18-39(6)24-42)33-45(60)54(15-9-12-51)30-48(63)56(26-41-21-36(3)17-37(4)22-41)32-44(59)52(13-7-10-49)28-46(55)61/h16-24,46,61H,7-15,25-33,49-51H2,1-6H3. The molecule has 0 bridgehead atoms. The second kappa shape index (κ2) is 24.6. The highest BCUT2D eigenvalue weighted by Crippen LogP contribution is 2.18. The number of nitrogens with zero attached hydrogens (tertiary/aromatic N) is 6. The lowest BCUT2D eigenvalue weighted by atomic mass is 10.1. The lowest BCUT2D eigenvalue weighted by Gasteiger charge is -2.36. The number of carbonyl (C=O) groups excluding carboxylic acids is 5. The first-order valence-corrected chi connectivity index (χ1v) is 22.1. The predicted molar refractivity (Wildman–Crippen MR) is 246 cm³/mol. The highest BCUT2D eigenvalue weighted by atomic mass is 16.3. The Labute approximate surface area is 374 Å². The van der Waals surface area contributed by atoms with Crippen LogP contribution in [0.5, 0.6) is 0 Å². The second-order valence-electron chi connectivity index (χ2n) is 17.3. The topological polar surface area (TPSA) is 203 Å². The summed E-state index contributed by atoms with van der Waals surface area (Å²) in [4.78, 5) is 81.3. The third-order valence-corrected chi connectivity index (χ3v) is 11.1. The number of β-amino-alcohol motifs (C(OH)–C–C–N with tert-alkyl or cyclic N) is 1. The number of hydrogen-bond acceptors (Lipinski definition) is 10. The molecule has 1 fully saturated rings. The first-order valence-electron chi connectivity index (χ1n) is 22.1. The minimum atomic E-state index is -1.32. The van der Waals surface area contributed by atoms with E-state index in [0.29, 0.717) is 19.3 Å². The Bertz CT molecular complexity index is 1980. The summed E-state index contributed by atoms with van der Waals surface area (Å²) < 4.78 is 0. The van der Waals surface area contributed by atoms with Crippen LogP contribution < -0.4 is 17.2 Å². The summed E-state index contributed by atoms with van der Waals surface area (Å²) in [7, 11) is 0. The van der Waals surface area contributed by atoms with Gasteiger partial charge in [0.15, 0.2) is 0 Å². The van der Waals surface area contributed by atoms with E-state index in [-0.39, 0.29) is 98.2 Å². The molecule has 1 aliphatic heterocycles. The van der Waals surface area contributed by atoms with Crippen molar-refractivity contribution < 1.29 is 29.1 Å². The lowest BCUT2D eigenvalue weighted by molar-refractivity contribution is -0.150. The fourth-order valence-corrected chi connectivity index (χ4v) is 8.27. The molecule has 1 saturated heterocycles. The molecular formula is C48H71N9O6. The number of nitrogens with two attached hydrogens (primary N) is 3. The molecule has 4 rings (SSSR count). The average molecular weight is 870 g/mol. The van der Waals surface area contributed by atoms with Crippen molar-refractivity contribution >= 4 is 29.5 Å². The Hall–Kier alpha value is -5.19. The average Bonchev–Trinajstić information content (AvgIpc) is 3.19. The Kier molecular flexibility index (Phi) is 19.7. The number of aliphatic hydroxyl groups excluding tert-OH is 1. The minimum Gasteiger partial charge on any atom is -0.376 e. The van der Waals surface area contributed by atoms with Gasteiger partial charge in [0, 0.05) is 39.3 Å². The molecule has 3 aromatic rings. The maximum absolute atomic E-state index is 14.6. The number of benzene rings is 3. The van der Waals surface area contributed by atoms with Gasteiger partial charge in [-0.3, -0.25) is 28.9 Å². The van der Waals surface area contributed by atoms with Gasteiger partial charge in [-0.1, -0.05) is 88.0 Å². The zero-order valence-electron chi connectivity index (χ0n) is 38.4. The van der Waals surface area contributed by atoms with E-state index in [4.69, 9.17) is 17.2 Å². The van der Waals surface area contributed by atoms with Crippen molar-refractivity contribution in [1.82, 2.24) is 29.4 Å². The molecule has 3 aromatic carbocycles. The molecule has 63 heavy (non-hydrogen) atoms. The summed E-state index contributed by atoms with van der Waals surface area (Å²) in [5, 5.41) is 12.1. The first-order chi connectivity index (χ1) is 30.0. The van der Waals surface area contributed by atoms with Crippen LogP contribution in [0.4, 0.5) is 0 Å². The van der Waals surface area contributed by atoms with Crippen LogP contribution in [0.25, 0.3) is 0 Å². The van der Waals surface area contributed by atoms with Gasteiger partial charge in [0.1, 0.15) is 19.3 Å². The molecule has 0 spiro atoms. The van der Waals surface area contributed by atoms with Crippen molar-refractivity contribution in [3.05, 3.63) is 105 Å². The van der Waals surface area contributed by atoms with E-state index >= 15 is 0 Å². The predicted octanol–water partition coefficient (Wildman–Crippen LogP) is 2.26. The molecule has 0 aromatic heterocycles. The van der Waals surface area contributed by atoms with E-state index in [9.17, 15) is 29.1 Å². The van der Waals surface area contributed by atoms with Gasteiger partial charge in [-0.05, 0) is 97.1 Å². The molecule has 1 aliphatic rings. The molecule has 344 valence electrons. The van der Waals surface area contributed by atoms with Crippen LogP contribution in [0.3, 0.4) is 0 Å². The SMILES string of the molecule is Cc1cc(C)cc(CN2CC(=O)N(CCCN)CC(=O)N(Cc3cc(C)cc(C)c3)CC(=O)N(CCCN)CC(O)N(Cc3cc(C)cc(C)c3)CC(=O)N(CCCN)CC2=O)c1. The molecule has 1 unspecified atom stereocenters. The number of carbonyl (C=O) groups is 5. The molecule has 0 saturated carbocycles. The number of amides is 5. The first kappa shape index (κ1) is 50.5. The monoisotopic (exact) mass is 870 g/mol. The smallest absolute Gasteiger partial charge is 0.242 e. The van der Waals surface area contributed by atoms with E-state index in [1.165, 1.54) is 24.5 Å². The fraction of sp³-hybridized carbons (Fsp3) is 0.521. The van der Waals surface area contributed by atoms with Crippen LogP contribution in [-0.4, -0.2) is 149 Å². The summed E-state index contributed by atoms with van der Waals surface area (Å²) in [6, 6.07) is 17.9. The molecule has 0 aliphatic carbocycles. The van der Waals surface area contributed by atoms with Crippen LogP contribution >= 0.6 is 0 Å². The highest BCUT2D eigenvalue weighted by molar-refractivity contribution is 5.91. The van der Waals surface area contributed by atoms with E-state index in [1.807, 2.05) is 96.1 Å². The number of hydrogen-bond donors (Lipinski definition) is 4. The summed E-state index contributed by atoms with van der Waals surface area (Å²) in [6.07, 6.45) is -0.0977. The molecular weight excluding hydrogens is 799 g/mol. The summed E-state index contributed by atoms with van der Waals surface area (Å²) in [5.41, 5.74) is 26.2. The second-order valence-corrected chi connectivity index (χ2v) is 17.3. The van der Waals surface area contributed by atoms with E-state index in [1.54, 1.807) is 4.90 Å². The van der Waals surface area contributed by atoms with Crippen LogP contribution in [0, 0.1) is 41.5 Å². The van der Waals surface area contributed by atoms with E-state index < -0.39 is 35.8 Å². The number of aryl methyl sites for hydroxylation is 6. The van der Waals surface area contributed by atoms with Crippen molar-refractivity contribution in [2.45, 2.75) is 86.7 Å². The van der Waals surface area contributed by atoms with Gasteiger partial charge in [0.05, 0.1) is 26.2 Å². The highest BCUT2D eigenvalue weighted by Gasteiger charge is 2.32. The van der Waals surface area contributed by atoms with Gasteiger partial charge in [0.25, 0.3) is 0 Å². The summed E-state index contributed by atoms with van der Waals surface area (Å²) in [6.45, 7) is 11.5. The van der Waals surface area contributed by atoms with Crippen molar-refractivity contribution in [3.8, 4) is 0 Å². The van der Waals surface area contributed by atoms with Gasteiger partial charge in [0.2, 0.25) is 29.5 Å². The Balaban J connectivity index is 1.85. The molecule has 0 radical (unpaired) electrons. The maximum atomic E-state index is 14.6. The Morgan fingerprint density at radius 2 is 0.714 bits per heavy atom. The minimum absolute atomic E-state index is 0.0776. The normalized spacial score (nSPS) is 17.2. The maximum Gasteiger partial charge on any atom is 0.242 e. The number of rotatable bonds is 15. The fourth-order valence-electron chi connectivity index (χ4n) is 8.27. The van der Waals surface area contributed by atoms with Gasteiger partial charge < -0.3 is 46.8 Å². The van der Waals surface area contributed by atoms with Gasteiger partial charge in [-0.2, -0.15) is 0 Å². The van der Waals surface area contributed by atoms with Crippen molar-refractivity contribution in [3.63, 3.8) is 0 Å². The van der Waals surface area contributed by atoms with Gasteiger partial charge >= 0.3 is 0 Å². The van der Waals surface area contributed by atoms with Crippen molar-refractivity contribution in [2.24, 2.45) is 17.2 Å². The summed E-state index contributed by atoms with van der Waals surface area (Å²) in [5.74, 6) is -2.24. The zero-order chi connectivity index (χ0) is 46.2. The molecule has 15 nitrogen and oxygen atoms in total. The third kappa shape index (κ3) is 16.1. The molecule has 15 heteroatoms. The van der Waals surface area contributed by atoms with Crippen LogP contribution in [-0.2, 0) is 43.6 Å². The Morgan fingerprint density at radius 3 is 1.08 bits per heavy atom. The molecule has 1 heterocycles. The molecule has 7 N–H and O–H groups in total. The molecule has 1 atom stereocenters. The zero-order valence-corrected chi connectivity index (χ0v) is 38.4. The van der Waals surface area contributed by atoms with Crippen molar-refractivity contribution in [2.75, 3.05) is 78.5 Å². The summed E-state index contributed by atoms with van der Waals surface area (Å²) >= 11 is 0. The Morgan fingerprint density at radius 1 is 0.429 bits per heavy atom.